The van der Waals surface area contributed by atoms with E-state index in [1.807, 2.05) is 32.0 Å². The van der Waals surface area contributed by atoms with Crippen LogP contribution in [-0.4, -0.2) is 25.6 Å². The van der Waals surface area contributed by atoms with Gasteiger partial charge in [-0.25, -0.2) is 0 Å². The average Bonchev–Trinajstić information content (AvgIpc) is 2.51. The molecule has 2 rings (SSSR count). The maximum absolute atomic E-state index is 12.7. The standard InChI is InChI=1S/C17H26N2O2/c1-4-17(9-6-10-18-12-17)16(20)19-15-8-7-14(21-5-2)11-13(15)3/h7-8,11,18H,4-6,9-10,12H2,1-3H3,(H,19,20). The number of hydrogen-bond donors (Lipinski definition) is 2. The van der Waals surface area contributed by atoms with Crippen molar-refractivity contribution in [1.29, 1.82) is 0 Å². The van der Waals surface area contributed by atoms with E-state index in [0.717, 1.165) is 49.4 Å². The minimum atomic E-state index is -0.275. The summed E-state index contributed by atoms with van der Waals surface area (Å²) in [7, 11) is 0. The number of benzene rings is 1. The SMILES string of the molecule is CCOc1ccc(NC(=O)C2(CC)CCCNC2)c(C)c1. The molecule has 0 spiro atoms. The number of hydrogen-bond acceptors (Lipinski definition) is 3. The minimum Gasteiger partial charge on any atom is -0.494 e. The second-order valence-electron chi connectivity index (χ2n) is 5.78. The third kappa shape index (κ3) is 3.56. The Morgan fingerprint density at radius 3 is 2.81 bits per heavy atom. The minimum absolute atomic E-state index is 0.129. The smallest absolute Gasteiger partial charge is 0.231 e. The van der Waals surface area contributed by atoms with Crippen LogP contribution < -0.4 is 15.4 Å². The normalized spacial score (nSPS) is 21.9. The zero-order valence-corrected chi connectivity index (χ0v) is 13.3. The van der Waals surface area contributed by atoms with Gasteiger partial charge in [0.2, 0.25) is 5.91 Å². The summed E-state index contributed by atoms with van der Waals surface area (Å²) >= 11 is 0. The molecule has 1 unspecified atom stereocenters. The monoisotopic (exact) mass is 290 g/mol. The highest BCUT2D eigenvalue weighted by molar-refractivity contribution is 5.96. The molecule has 21 heavy (non-hydrogen) atoms. The number of carbonyl (C=O) groups is 1. The van der Waals surface area contributed by atoms with Crippen molar-refractivity contribution >= 4 is 11.6 Å². The Labute approximate surface area is 127 Å². The molecule has 0 radical (unpaired) electrons. The van der Waals surface area contributed by atoms with E-state index in [2.05, 4.69) is 17.6 Å². The van der Waals surface area contributed by atoms with Crippen molar-refractivity contribution in [2.45, 2.75) is 40.0 Å². The number of amides is 1. The molecule has 1 aliphatic rings. The second kappa shape index (κ2) is 6.94. The van der Waals surface area contributed by atoms with Crippen LogP contribution in [0.15, 0.2) is 18.2 Å². The van der Waals surface area contributed by atoms with E-state index in [-0.39, 0.29) is 11.3 Å². The van der Waals surface area contributed by atoms with Gasteiger partial charge in [-0.15, -0.1) is 0 Å². The van der Waals surface area contributed by atoms with Crippen LogP contribution in [-0.2, 0) is 4.79 Å². The third-order valence-electron chi connectivity index (χ3n) is 4.39. The van der Waals surface area contributed by atoms with Crippen LogP contribution in [0.1, 0.15) is 38.7 Å². The van der Waals surface area contributed by atoms with E-state index >= 15 is 0 Å². The largest absolute Gasteiger partial charge is 0.494 e. The highest BCUT2D eigenvalue weighted by Crippen LogP contribution is 2.32. The van der Waals surface area contributed by atoms with Crippen molar-refractivity contribution < 1.29 is 9.53 Å². The molecule has 1 aromatic carbocycles. The first-order valence-corrected chi connectivity index (χ1v) is 7.87. The third-order valence-corrected chi connectivity index (χ3v) is 4.39. The summed E-state index contributed by atoms with van der Waals surface area (Å²) < 4.78 is 5.48. The number of nitrogens with one attached hydrogen (secondary N) is 2. The molecule has 116 valence electrons. The highest BCUT2D eigenvalue weighted by Gasteiger charge is 2.37. The first-order chi connectivity index (χ1) is 10.1. The molecule has 4 heteroatoms. The number of ether oxygens (including phenoxy) is 1. The summed E-state index contributed by atoms with van der Waals surface area (Å²) in [6, 6.07) is 5.80. The van der Waals surface area contributed by atoms with Crippen molar-refractivity contribution in [3.05, 3.63) is 23.8 Å². The topological polar surface area (TPSA) is 50.4 Å². The molecule has 4 nitrogen and oxygen atoms in total. The van der Waals surface area contributed by atoms with E-state index in [9.17, 15) is 4.79 Å². The van der Waals surface area contributed by atoms with Crippen LogP contribution in [0.2, 0.25) is 0 Å². The van der Waals surface area contributed by atoms with E-state index in [4.69, 9.17) is 4.74 Å². The van der Waals surface area contributed by atoms with E-state index in [1.165, 1.54) is 0 Å². The van der Waals surface area contributed by atoms with Crippen LogP contribution in [0.4, 0.5) is 5.69 Å². The molecule has 1 fully saturated rings. The quantitative estimate of drug-likeness (QED) is 0.876. The summed E-state index contributed by atoms with van der Waals surface area (Å²) in [5.41, 5.74) is 1.63. The molecule has 1 saturated heterocycles. The zero-order valence-electron chi connectivity index (χ0n) is 13.3. The molecule has 1 amide bonds. The molecule has 1 heterocycles. The first-order valence-electron chi connectivity index (χ1n) is 7.87. The Hall–Kier alpha value is -1.55. The molecule has 1 atom stereocenters. The Morgan fingerprint density at radius 2 is 2.24 bits per heavy atom. The summed E-state index contributed by atoms with van der Waals surface area (Å²) in [6.45, 7) is 8.48. The number of piperidine rings is 1. The van der Waals surface area contributed by atoms with Gasteiger partial charge in [-0.3, -0.25) is 4.79 Å². The fourth-order valence-corrected chi connectivity index (χ4v) is 2.91. The maximum atomic E-state index is 12.7. The number of anilines is 1. The maximum Gasteiger partial charge on any atom is 0.231 e. The Bertz CT molecular complexity index is 494. The summed E-state index contributed by atoms with van der Waals surface area (Å²) in [5, 5.41) is 6.46. The van der Waals surface area contributed by atoms with Crippen LogP contribution in [0, 0.1) is 12.3 Å². The molecule has 0 saturated carbocycles. The van der Waals surface area contributed by atoms with Gasteiger partial charge in [0.25, 0.3) is 0 Å². The average molecular weight is 290 g/mol. The van der Waals surface area contributed by atoms with Gasteiger partial charge in [-0.2, -0.15) is 0 Å². The molecular formula is C17H26N2O2. The second-order valence-corrected chi connectivity index (χ2v) is 5.78. The molecular weight excluding hydrogens is 264 g/mol. The Balaban J connectivity index is 2.11. The summed E-state index contributed by atoms with van der Waals surface area (Å²) in [5.74, 6) is 0.974. The van der Waals surface area contributed by atoms with Gasteiger partial charge < -0.3 is 15.4 Å². The van der Waals surface area contributed by atoms with Crippen LogP contribution >= 0.6 is 0 Å². The van der Waals surface area contributed by atoms with E-state index < -0.39 is 0 Å². The lowest BCUT2D eigenvalue weighted by molar-refractivity contribution is -0.126. The number of aryl methyl sites for hydroxylation is 1. The van der Waals surface area contributed by atoms with Crippen LogP contribution in [0.3, 0.4) is 0 Å². The summed E-state index contributed by atoms with van der Waals surface area (Å²) in [4.78, 5) is 12.7. The van der Waals surface area contributed by atoms with Gasteiger partial charge in [0.1, 0.15) is 5.75 Å². The molecule has 1 aliphatic heterocycles. The van der Waals surface area contributed by atoms with Gasteiger partial charge in [0.05, 0.1) is 12.0 Å². The molecule has 2 N–H and O–H groups in total. The predicted octanol–water partition coefficient (Wildman–Crippen LogP) is 3.11. The Morgan fingerprint density at radius 1 is 1.43 bits per heavy atom. The van der Waals surface area contributed by atoms with Gasteiger partial charge >= 0.3 is 0 Å². The highest BCUT2D eigenvalue weighted by atomic mass is 16.5. The van der Waals surface area contributed by atoms with E-state index in [0.29, 0.717) is 6.61 Å². The molecule has 0 bridgehead atoms. The zero-order chi connectivity index (χ0) is 15.3. The van der Waals surface area contributed by atoms with Crippen LogP contribution in [0.5, 0.6) is 5.75 Å². The lowest BCUT2D eigenvalue weighted by Crippen LogP contribution is -2.47. The van der Waals surface area contributed by atoms with Crippen molar-refractivity contribution in [2.75, 3.05) is 25.0 Å². The molecule has 0 aromatic heterocycles. The lowest BCUT2D eigenvalue weighted by Gasteiger charge is -2.35. The molecule has 1 aromatic rings. The Kier molecular flexibility index (Phi) is 5.23. The van der Waals surface area contributed by atoms with Crippen molar-refractivity contribution in [1.82, 2.24) is 5.32 Å². The van der Waals surface area contributed by atoms with Gasteiger partial charge in [0.15, 0.2) is 0 Å². The van der Waals surface area contributed by atoms with Crippen molar-refractivity contribution in [2.24, 2.45) is 5.41 Å². The van der Waals surface area contributed by atoms with Crippen LogP contribution in [0.25, 0.3) is 0 Å². The molecule has 0 aliphatic carbocycles. The van der Waals surface area contributed by atoms with Gasteiger partial charge in [0, 0.05) is 12.2 Å². The predicted molar refractivity (Wildman–Crippen MR) is 85.8 cm³/mol. The van der Waals surface area contributed by atoms with Crippen molar-refractivity contribution in [3.63, 3.8) is 0 Å². The number of carbonyl (C=O) groups excluding carboxylic acids is 1. The fourth-order valence-electron chi connectivity index (χ4n) is 2.91. The van der Waals surface area contributed by atoms with Gasteiger partial charge in [-0.05, 0) is 63.4 Å². The van der Waals surface area contributed by atoms with E-state index in [1.54, 1.807) is 0 Å². The lowest BCUT2D eigenvalue weighted by atomic mass is 9.77. The first kappa shape index (κ1) is 15.8. The van der Waals surface area contributed by atoms with Crippen molar-refractivity contribution in [3.8, 4) is 5.75 Å². The summed E-state index contributed by atoms with van der Waals surface area (Å²) in [6.07, 6.45) is 2.88. The fraction of sp³-hybridized carbons (Fsp3) is 0.588. The number of rotatable bonds is 5. The van der Waals surface area contributed by atoms with Gasteiger partial charge in [-0.1, -0.05) is 6.92 Å².